The lowest BCUT2D eigenvalue weighted by Gasteiger charge is -2.28. The zero-order chi connectivity index (χ0) is 14.9. The van der Waals surface area contributed by atoms with Gasteiger partial charge in [0, 0.05) is 12.4 Å². The van der Waals surface area contributed by atoms with Gasteiger partial charge in [0.2, 0.25) is 0 Å². The van der Waals surface area contributed by atoms with E-state index in [4.69, 9.17) is 9.47 Å². The molecule has 1 aromatic heterocycles. The number of rotatable bonds is 4. The molecular weight excluding hydrogens is 339 g/mol. The molecule has 0 bridgehead atoms. The molecule has 0 spiro atoms. The Morgan fingerprint density at radius 3 is 2.81 bits per heavy atom. The highest BCUT2D eigenvalue weighted by atomic mass is 79.9. The first-order valence-corrected chi connectivity index (χ1v) is 7.66. The van der Waals surface area contributed by atoms with Crippen molar-refractivity contribution < 1.29 is 13.9 Å². The Labute approximate surface area is 131 Å². The summed E-state index contributed by atoms with van der Waals surface area (Å²) in [5.74, 6) is -0.263. The second-order valence-electron chi connectivity index (χ2n) is 5.21. The summed E-state index contributed by atoms with van der Waals surface area (Å²) in [5.41, 5.74) is 0.259. The number of benzene rings is 1. The predicted molar refractivity (Wildman–Crippen MR) is 79.5 cm³/mol. The van der Waals surface area contributed by atoms with Gasteiger partial charge in [0.1, 0.15) is 11.4 Å². The molecule has 1 aliphatic rings. The summed E-state index contributed by atoms with van der Waals surface area (Å²) in [7, 11) is 0. The van der Waals surface area contributed by atoms with Crippen molar-refractivity contribution in [3.05, 3.63) is 54.4 Å². The van der Waals surface area contributed by atoms with E-state index in [0.29, 0.717) is 13.2 Å². The molecule has 0 radical (unpaired) electrons. The van der Waals surface area contributed by atoms with Gasteiger partial charge < -0.3 is 14.0 Å². The maximum Gasteiger partial charge on any atom is 0.171 e. The van der Waals surface area contributed by atoms with Gasteiger partial charge in [0.25, 0.3) is 0 Å². The number of hydrogen-bond donors (Lipinski definition) is 0. The van der Waals surface area contributed by atoms with E-state index >= 15 is 0 Å². The first-order valence-electron chi connectivity index (χ1n) is 6.74. The van der Waals surface area contributed by atoms with Crippen molar-refractivity contribution in [1.82, 2.24) is 9.55 Å². The van der Waals surface area contributed by atoms with Gasteiger partial charge in [0.15, 0.2) is 6.29 Å². The molecule has 3 rings (SSSR count). The molecule has 6 heteroatoms. The van der Waals surface area contributed by atoms with Gasteiger partial charge in [-0.3, -0.25) is 0 Å². The summed E-state index contributed by atoms with van der Waals surface area (Å²) < 4.78 is 27.1. The molecule has 2 heterocycles. The normalized spacial score (nSPS) is 26.9. The van der Waals surface area contributed by atoms with Crippen molar-refractivity contribution in [1.29, 1.82) is 0 Å². The molecule has 3 atom stereocenters. The standard InChI is InChI=1S/C15H16BrFN2O2/c1-11(16)14-20-9-15(21-14,8-19-7-6-18-10-19)12-2-4-13(17)5-3-12/h2-7,10-11,14H,8-9H2,1H3. The van der Waals surface area contributed by atoms with Gasteiger partial charge in [-0.1, -0.05) is 28.1 Å². The van der Waals surface area contributed by atoms with Gasteiger partial charge in [-0.25, -0.2) is 9.37 Å². The van der Waals surface area contributed by atoms with E-state index in [1.54, 1.807) is 24.7 Å². The van der Waals surface area contributed by atoms with E-state index in [0.717, 1.165) is 5.56 Å². The fourth-order valence-corrected chi connectivity index (χ4v) is 2.75. The van der Waals surface area contributed by atoms with Crippen LogP contribution in [0.5, 0.6) is 0 Å². The Hall–Kier alpha value is -1.24. The van der Waals surface area contributed by atoms with Crippen LogP contribution in [0.25, 0.3) is 0 Å². The molecular formula is C15H16BrFN2O2. The molecule has 1 saturated heterocycles. The van der Waals surface area contributed by atoms with Crippen LogP contribution in [0.3, 0.4) is 0 Å². The zero-order valence-electron chi connectivity index (χ0n) is 11.6. The Kier molecular flexibility index (Phi) is 4.10. The third kappa shape index (κ3) is 3.02. The lowest BCUT2D eigenvalue weighted by Crippen LogP contribution is -2.35. The van der Waals surface area contributed by atoms with E-state index in [1.165, 1.54) is 12.1 Å². The van der Waals surface area contributed by atoms with Gasteiger partial charge in [0.05, 0.1) is 24.3 Å². The highest BCUT2D eigenvalue weighted by Crippen LogP contribution is 2.37. The SMILES string of the molecule is CC(Br)C1OCC(Cn2ccnc2)(c2ccc(F)cc2)O1. The maximum atomic E-state index is 13.2. The van der Waals surface area contributed by atoms with Crippen molar-refractivity contribution in [3.8, 4) is 0 Å². The minimum Gasteiger partial charge on any atom is -0.348 e. The van der Waals surface area contributed by atoms with Crippen molar-refractivity contribution in [3.63, 3.8) is 0 Å². The summed E-state index contributed by atoms with van der Waals surface area (Å²) >= 11 is 3.49. The van der Waals surface area contributed by atoms with E-state index in [-0.39, 0.29) is 16.9 Å². The van der Waals surface area contributed by atoms with E-state index in [9.17, 15) is 4.39 Å². The van der Waals surface area contributed by atoms with Crippen molar-refractivity contribution >= 4 is 15.9 Å². The summed E-state index contributed by atoms with van der Waals surface area (Å²) in [6, 6.07) is 6.38. The summed E-state index contributed by atoms with van der Waals surface area (Å²) in [6.45, 7) is 2.95. The highest BCUT2D eigenvalue weighted by Gasteiger charge is 2.44. The van der Waals surface area contributed by atoms with Crippen LogP contribution in [0.15, 0.2) is 43.0 Å². The molecule has 112 valence electrons. The first-order chi connectivity index (χ1) is 10.1. The van der Waals surface area contributed by atoms with Gasteiger partial charge >= 0.3 is 0 Å². The zero-order valence-corrected chi connectivity index (χ0v) is 13.2. The highest BCUT2D eigenvalue weighted by molar-refractivity contribution is 9.09. The average Bonchev–Trinajstić information content (AvgIpc) is 3.10. The largest absolute Gasteiger partial charge is 0.348 e. The van der Waals surface area contributed by atoms with Crippen LogP contribution in [0.1, 0.15) is 12.5 Å². The number of halogens is 2. The quantitative estimate of drug-likeness (QED) is 0.791. The number of nitrogens with zero attached hydrogens (tertiary/aromatic N) is 2. The Morgan fingerprint density at radius 2 is 2.24 bits per heavy atom. The monoisotopic (exact) mass is 354 g/mol. The first kappa shape index (κ1) is 14.7. The van der Waals surface area contributed by atoms with Crippen molar-refractivity contribution in [2.75, 3.05) is 6.61 Å². The maximum absolute atomic E-state index is 13.2. The van der Waals surface area contributed by atoms with Gasteiger partial charge in [-0.15, -0.1) is 0 Å². The number of aromatic nitrogens is 2. The molecule has 2 aromatic rings. The van der Waals surface area contributed by atoms with E-state index < -0.39 is 5.60 Å². The Morgan fingerprint density at radius 1 is 1.48 bits per heavy atom. The summed E-state index contributed by atoms with van der Waals surface area (Å²) in [6.07, 6.45) is 5.00. The lowest BCUT2D eigenvalue weighted by atomic mass is 9.94. The topological polar surface area (TPSA) is 36.3 Å². The van der Waals surface area contributed by atoms with Crippen molar-refractivity contribution in [2.45, 2.75) is 30.2 Å². The van der Waals surface area contributed by atoms with Crippen LogP contribution in [0.4, 0.5) is 4.39 Å². The van der Waals surface area contributed by atoms with Crippen LogP contribution >= 0.6 is 15.9 Å². The second kappa shape index (κ2) is 5.87. The molecule has 4 nitrogen and oxygen atoms in total. The number of ether oxygens (including phenoxy) is 2. The van der Waals surface area contributed by atoms with Crippen molar-refractivity contribution in [2.24, 2.45) is 0 Å². The lowest BCUT2D eigenvalue weighted by molar-refractivity contribution is -0.0940. The molecule has 21 heavy (non-hydrogen) atoms. The minimum absolute atomic E-state index is 0.0719. The van der Waals surface area contributed by atoms with Gasteiger partial charge in [-0.2, -0.15) is 0 Å². The second-order valence-corrected chi connectivity index (χ2v) is 6.66. The minimum atomic E-state index is -0.638. The fraction of sp³-hybridized carbons (Fsp3) is 0.400. The molecule has 0 N–H and O–H groups in total. The van der Waals surface area contributed by atoms with Crippen LogP contribution < -0.4 is 0 Å². The molecule has 0 amide bonds. The molecule has 1 fully saturated rings. The number of alkyl halides is 1. The fourth-order valence-electron chi connectivity index (χ4n) is 2.49. The van der Waals surface area contributed by atoms with Gasteiger partial charge in [-0.05, 0) is 24.6 Å². The third-order valence-corrected chi connectivity index (χ3v) is 4.00. The van der Waals surface area contributed by atoms with Crippen LogP contribution in [-0.4, -0.2) is 27.3 Å². The Bertz CT molecular complexity index is 588. The number of hydrogen-bond acceptors (Lipinski definition) is 3. The molecule has 1 aliphatic heterocycles. The van der Waals surface area contributed by atoms with E-state index in [2.05, 4.69) is 20.9 Å². The van der Waals surface area contributed by atoms with Crippen LogP contribution in [0.2, 0.25) is 0 Å². The molecule has 3 unspecified atom stereocenters. The Balaban J connectivity index is 1.93. The van der Waals surface area contributed by atoms with E-state index in [1.807, 2.05) is 17.7 Å². The van der Waals surface area contributed by atoms with Crippen LogP contribution in [0, 0.1) is 5.82 Å². The molecule has 1 aromatic carbocycles. The molecule has 0 saturated carbocycles. The third-order valence-electron chi connectivity index (χ3n) is 3.57. The summed E-state index contributed by atoms with van der Waals surface area (Å²) in [5, 5.41) is 0. The smallest absolute Gasteiger partial charge is 0.171 e. The number of imidazole rings is 1. The predicted octanol–water partition coefficient (Wildman–Crippen LogP) is 3.07. The van der Waals surface area contributed by atoms with Crippen LogP contribution in [-0.2, 0) is 21.6 Å². The average molecular weight is 355 g/mol. The molecule has 0 aliphatic carbocycles. The summed E-state index contributed by atoms with van der Waals surface area (Å²) in [4.78, 5) is 4.13.